The summed E-state index contributed by atoms with van der Waals surface area (Å²) in [6.07, 6.45) is 1.36. The number of carbonyl (C=O) groups excluding carboxylic acids is 1. The predicted molar refractivity (Wildman–Crippen MR) is 67.7 cm³/mol. The molecule has 1 aromatic rings. The van der Waals surface area contributed by atoms with E-state index in [1.54, 1.807) is 24.3 Å². The molecule has 1 aromatic carbocycles. The Hall–Kier alpha value is -1.55. The van der Waals surface area contributed by atoms with Gasteiger partial charge in [0.1, 0.15) is 5.75 Å². The van der Waals surface area contributed by atoms with Gasteiger partial charge in [0.2, 0.25) is 5.91 Å². The van der Waals surface area contributed by atoms with E-state index >= 15 is 0 Å². The van der Waals surface area contributed by atoms with E-state index in [2.05, 4.69) is 5.32 Å². The van der Waals surface area contributed by atoms with Gasteiger partial charge in [-0.2, -0.15) is 0 Å². The van der Waals surface area contributed by atoms with Crippen LogP contribution in [0.5, 0.6) is 5.75 Å². The molecule has 0 spiro atoms. The first-order valence-electron chi connectivity index (χ1n) is 5.86. The molecule has 0 aliphatic carbocycles. The van der Waals surface area contributed by atoms with Gasteiger partial charge in [-0.15, -0.1) is 0 Å². The molecule has 2 atom stereocenters. The summed E-state index contributed by atoms with van der Waals surface area (Å²) in [5.41, 5.74) is 6.76. The lowest BCUT2D eigenvalue weighted by molar-refractivity contribution is -0.122. The molecule has 94 valence electrons. The fourth-order valence-electron chi connectivity index (χ4n) is 1.43. The second-order valence-electron chi connectivity index (χ2n) is 4.29. The molecule has 0 bridgehead atoms. The Labute approximate surface area is 102 Å². The Bertz CT molecular complexity index is 362. The molecule has 4 heteroatoms. The van der Waals surface area contributed by atoms with Gasteiger partial charge in [-0.05, 0) is 37.5 Å². The van der Waals surface area contributed by atoms with Crippen molar-refractivity contribution < 1.29 is 9.90 Å². The van der Waals surface area contributed by atoms with Gasteiger partial charge in [0.25, 0.3) is 0 Å². The number of amides is 1. The van der Waals surface area contributed by atoms with Gasteiger partial charge >= 0.3 is 0 Å². The van der Waals surface area contributed by atoms with Crippen LogP contribution in [-0.2, 0) is 11.2 Å². The fourth-order valence-corrected chi connectivity index (χ4v) is 1.43. The van der Waals surface area contributed by atoms with E-state index in [0.29, 0.717) is 6.42 Å². The van der Waals surface area contributed by atoms with Crippen LogP contribution in [0.15, 0.2) is 24.3 Å². The van der Waals surface area contributed by atoms with Crippen molar-refractivity contribution in [2.75, 3.05) is 0 Å². The molecule has 1 unspecified atom stereocenters. The standard InChI is InChI=1S/C13H20N2O2/c1-3-9(2)15-13(17)12(14)8-10-4-6-11(16)7-5-10/h4-7,9,12,16H,3,8,14H2,1-2H3,(H,15,17)/t9?,12-/m0/s1. The largest absolute Gasteiger partial charge is 0.508 e. The van der Waals surface area contributed by atoms with E-state index in [1.165, 1.54) is 0 Å². The molecule has 4 N–H and O–H groups in total. The van der Waals surface area contributed by atoms with Crippen molar-refractivity contribution in [3.8, 4) is 5.75 Å². The maximum Gasteiger partial charge on any atom is 0.237 e. The average molecular weight is 236 g/mol. The molecule has 1 rings (SSSR count). The summed E-state index contributed by atoms with van der Waals surface area (Å²) in [6.45, 7) is 3.96. The second kappa shape index (κ2) is 6.25. The van der Waals surface area contributed by atoms with Crippen LogP contribution in [0.2, 0.25) is 0 Å². The maximum atomic E-state index is 11.7. The minimum atomic E-state index is -0.548. The number of nitrogens with two attached hydrogens (primary N) is 1. The van der Waals surface area contributed by atoms with Crippen LogP contribution in [0.25, 0.3) is 0 Å². The quantitative estimate of drug-likeness (QED) is 0.718. The van der Waals surface area contributed by atoms with Crippen LogP contribution in [0.1, 0.15) is 25.8 Å². The molecule has 0 saturated heterocycles. The molecule has 0 aliphatic heterocycles. The number of hydrogen-bond donors (Lipinski definition) is 3. The number of benzene rings is 1. The molecule has 0 aliphatic rings. The van der Waals surface area contributed by atoms with Gasteiger partial charge in [0.05, 0.1) is 6.04 Å². The zero-order valence-electron chi connectivity index (χ0n) is 10.3. The third kappa shape index (κ3) is 4.44. The van der Waals surface area contributed by atoms with Gasteiger partial charge in [-0.3, -0.25) is 4.79 Å². The molecule has 1 amide bonds. The Morgan fingerprint density at radius 1 is 1.41 bits per heavy atom. The molecule has 0 fully saturated rings. The number of aromatic hydroxyl groups is 1. The summed E-state index contributed by atoms with van der Waals surface area (Å²) >= 11 is 0. The predicted octanol–water partition coefficient (Wildman–Crippen LogP) is 1.18. The number of rotatable bonds is 5. The highest BCUT2D eigenvalue weighted by Gasteiger charge is 2.15. The van der Waals surface area contributed by atoms with E-state index in [0.717, 1.165) is 12.0 Å². The normalized spacial score (nSPS) is 14.1. The first-order chi connectivity index (χ1) is 8.02. The minimum absolute atomic E-state index is 0.132. The van der Waals surface area contributed by atoms with Crippen molar-refractivity contribution in [3.05, 3.63) is 29.8 Å². The monoisotopic (exact) mass is 236 g/mol. The number of nitrogens with one attached hydrogen (secondary N) is 1. The van der Waals surface area contributed by atoms with E-state index in [1.807, 2.05) is 13.8 Å². The van der Waals surface area contributed by atoms with Crippen molar-refractivity contribution >= 4 is 5.91 Å². The van der Waals surface area contributed by atoms with Crippen LogP contribution in [-0.4, -0.2) is 23.1 Å². The van der Waals surface area contributed by atoms with Crippen molar-refractivity contribution in [2.45, 2.75) is 38.8 Å². The first-order valence-corrected chi connectivity index (χ1v) is 5.86. The summed E-state index contributed by atoms with van der Waals surface area (Å²) in [4.78, 5) is 11.7. The van der Waals surface area contributed by atoms with Crippen molar-refractivity contribution in [1.82, 2.24) is 5.32 Å². The van der Waals surface area contributed by atoms with Crippen LogP contribution < -0.4 is 11.1 Å². The Kier molecular flexibility index (Phi) is 4.97. The summed E-state index contributed by atoms with van der Waals surface area (Å²) in [7, 11) is 0. The van der Waals surface area contributed by atoms with Crippen molar-refractivity contribution in [2.24, 2.45) is 5.73 Å². The molecule has 17 heavy (non-hydrogen) atoms. The SMILES string of the molecule is CCC(C)NC(=O)[C@@H](N)Cc1ccc(O)cc1. The van der Waals surface area contributed by atoms with Crippen LogP contribution in [0.3, 0.4) is 0 Å². The zero-order chi connectivity index (χ0) is 12.8. The first kappa shape index (κ1) is 13.5. The highest BCUT2D eigenvalue weighted by atomic mass is 16.3. The second-order valence-corrected chi connectivity index (χ2v) is 4.29. The van der Waals surface area contributed by atoms with Gasteiger partial charge in [-0.1, -0.05) is 19.1 Å². The fraction of sp³-hybridized carbons (Fsp3) is 0.462. The van der Waals surface area contributed by atoms with Gasteiger partial charge in [0.15, 0.2) is 0 Å². The number of phenolic OH excluding ortho intramolecular Hbond substituents is 1. The lowest BCUT2D eigenvalue weighted by Gasteiger charge is -2.16. The Balaban J connectivity index is 2.51. The maximum absolute atomic E-state index is 11.7. The van der Waals surface area contributed by atoms with Gasteiger partial charge in [0, 0.05) is 6.04 Å². The molecule has 0 aromatic heterocycles. The molecule has 4 nitrogen and oxygen atoms in total. The van der Waals surface area contributed by atoms with Crippen LogP contribution in [0, 0.1) is 0 Å². The highest BCUT2D eigenvalue weighted by molar-refractivity contribution is 5.82. The van der Waals surface area contributed by atoms with Crippen LogP contribution >= 0.6 is 0 Å². The minimum Gasteiger partial charge on any atom is -0.508 e. The molecular formula is C13H20N2O2. The smallest absolute Gasteiger partial charge is 0.237 e. The Morgan fingerprint density at radius 3 is 2.53 bits per heavy atom. The van der Waals surface area contributed by atoms with E-state index in [9.17, 15) is 4.79 Å². The molecule has 0 radical (unpaired) electrons. The van der Waals surface area contributed by atoms with Crippen LogP contribution in [0.4, 0.5) is 0 Å². The highest BCUT2D eigenvalue weighted by Crippen LogP contribution is 2.10. The lowest BCUT2D eigenvalue weighted by atomic mass is 10.1. The summed E-state index contributed by atoms with van der Waals surface area (Å²) in [5, 5.41) is 12.0. The van der Waals surface area contributed by atoms with Gasteiger partial charge in [-0.25, -0.2) is 0 Å². The summed E-state index contributed by atoms with van der Waals surface area (Å²) in [6, 6.07) is 6.32. The van der Waals surface area contributed by atoms with Gasteiger partial charge < -0.3 is 16.2 Å². The summed E-state index contributed by atoms with van der Waals surface area (Å²) in [5.74, 6) is 0.0822. The van der Waals surface area contributed by atoms with E-state index in [4.69, 9.17) is 10.8 Å². The molecule has 0 heterocycles. The lowest BCUT2D eigenvalue weighted by Crippen LogP contribution is -2.45. The molecular weight excluding hydrogens is 216 g/mol. The van der Waals surface area contributed by atoms with E-state index < -0.39 is 6.04 Å². The van der Waals surface area contributed by atoms with E-state index in [-0.39, 0.29) is 17.7 Å². The average Bonchev–Trinajstić information content (AvgIpc) is 2.31. The number of hydrogen-bond acceptors (Lipinski definition) is 3. The third-order valence-corrected chi connectivity index (χ3v) is 2.73. The van der Waals surface area contributed by atoms with Crippen molar-refractivity contribution in [3.63, 3.8) is 0 Å². The zero-order valence-corrected chi connectivity index (χ0v) is 10.3. The number of phenols is 1. The summed E-state index contributed by atoms with van der Waals surface area (Å²) < 4.78 is 0. The van der Waals surface area contributed by atoms with Crippen molar-refractivity contribution in [1.29, 1.82) is 0 Å². The topological polar surface area (TPSA) is 75.4 Å². The Morgan fingerprint density at radius 2 is 2.00 bits per heavy atom. The number of carbonyl (C=O) groups is 1. The third-order valence-electron chi connectivity index (χ3n) is 2.73. The molecule has 0 saturated carbocycles.